The fourth-order valence-electron chi connectivity index (χ4n) is 3.74. The quantitative estimate of drug-likeness (QED) is 0.666. The predicted molar refractivity (Wildman–Crippen MR) is 121 cm³/mol. The topological polar surface area (TPSA) is 94.0 Å². The fraction of sp³-hybridized carbons (Fsp3) is 0.292. The summed E-state index contributed by atoms with van der Waals surface area (Å²) in [6.07, 6.45) is 0.369. The lowest BCUT2D eigenvalue weighted by Crippen LogP contribution is -2.43. The van der Waals surface area contributed by atoms with Gasteiger partial charge in [0.05, 0.1) is 22.4 Å². The molecule has 1 amide bonds. The van der Waals surface area contributed by atoms with Crippen molar-refractivity contribution < 1.29 is 9.18 Å². The van der Waals surface area contributed by atoms with Gasteiger partial charge in [-0.3, -0.25) is 4.79 Å². The first-order valence-electron chi connectivity index (χ1n) is 9.97. The van der Waals surface area contributed by atoms with E-state index in [1.807, 2.05) is 13.0 Å². The maximum Gasteiger partial charge on any atom is 0.253 e. The second-order valence-corrected chi connectivity index (χ2v) is 8.21. The zero-order chi connectivity index (χ0) is 22.8. The minimum atomic E-state index is -1.52. The molecule has 1 saturated heterocycles. The molecule has 160 valence electrons. The van der Waals surface area contributed by atoms with Gasteiger partial charge in [-0.25, -0.2) is 4.39 Å². The van der Waals surface area contributed by atoms with Crippen molar-refractivity contribution in [1.82, 2.24) is 4.90 Å². The second-order valence-electron chi connectivity index (χ2n) is 7.83. The van der Waals surface area contributed by atoms with Gasteiger partial charge in [0.1, 0.15) is 5.67 Å². The summed E-state index contributed by atoms with van der Waals surface area (Å²) in [6, 6.07) is 13.7. The van der Waals surface area contributed by atoms with Crippen molar-refractivity contribution in [2.24, 2.45) is 5.73 Å². The fourth-order valence-corrected chi connectivity index (χ4v) is 3.85. The summed E-state index contributed by atoms with van der Waals surface area (Å²) in [5.74, 6) is -0.196. The predicted octanol–water partition coefficient (Wildman–Crippen LogP) is 4.87. The van der Waals surface area contributed by atoms with Crippen LogP contribution in [0.5, 0.6) is 0 Å². The van der Waals surface area contributed by atoms with E-state index in [1.54, 1.807) is 54.3 Å². The van der Waals surface area contributed by atoms with Crippen LogP contribution in [0.4, 0.5) is 4.39 Å². The summed E-state index contributed by atoms with van der Waals surface area (Å²) >= 11 is 6.14. The number of piperidine rings is 1. The minimum Gasteiger partial charge on any atom is -0.397 e. The normalized spacial score (nSPS) is 16.3. The molecule has 1 fully saturated rings. The van der Waals surface area contributed by atoms with Gasteiger partial charge in [0.15, 0.2) is 0 Å². The number of carbonyl (C=O) groups is 1. The number of benzene rings is 2. The Labute approximate surface area is 186 Å². The van der Waals surface area contributed by atoms with Crippen LogP contribution in [0.1, 0.15) is 52.4 Å². The van der Waals surface area contributed by atoms with Gasteiger partial charge in [-0.2, -0.15) is 5.26 Å². The number of nitrogens with two attached hydrogens (primary N) is 1. The third kappa shape index (κ3) is 4.62. The van der Waals surface area contributed by atoms with Crippen LogP contribution in [0.25, 0.3) is 5.70 Å². The second kappa shape index (κ2) is 8.91. The first-order chi connectivity index (χ1) is 14.7. The van der Waals surface area contributed by atoms with Crippen molar-refractivity contribution in [1.29, 1.82) is 10.7 Å². The first kappa shape index (κ1) is 22.5. The van der Waals surface area contributed by atoms with Crippen molar-refractivity contribution in [2.75, 3.05) is 13.1 Å². The zero-order valence-corrected chi connectivity index (χ0v) is 18.3. The molecule has 0 saturated carbocycles. The number of aryl methyl sites for hydroxylation is 1. The lowest BCUT2D eigenvalue weighted by atomic mass is 9.85. The Morgan fingerprint density at radius 3 is 2.39 bits per heavy atom. The van der Waals surface area contributed by atoms with E-state index >= 15 is 4.39 Å². The molecule has 0 aromatic heterocycles. The van der Waals surface area contributed by atoms with Gasteiger partial charge in [0.25, 0.3) is 5.91 Å². The summed E-state index contributed by atoms with van der Waals surface area (Å²) in [5, 5.41) is 16.8. The van der Waals surface area contributed by atoms with E-state index < -0.39 is 5.67 Å². The zero-order valence-electron chi connectivity index (χ0n) is 17.5. The highest BCUT2D eigenvalue weighted by atomic mass is 35.5. The van der Waals surface area contributed by atoms with Crippen molar-refractivity contribution in [3.63, 3.8) is 0 Å². The Balaban J connectivity index is 1.78. The Kier molecular flexibility index (Phi) is 6.47. The number of rotatable bonds is 4. The maximum absolute atomic E-state index is 15.5. The number of amides is 1. The Morgan fingerprint density at radius 1 is 1.23 bits per heavy atom. The average molecular weight is 439 g/mol. The molecule has 0 radical (unpaired) electrons. The van der Waals surface area contributed by atoms with E-state index in [1.165, 1.54) is 0 Å². The smallest absolute Gasteiger partial charge is 0.253 e. The number of nitrogens with zero attached hydrogens (tertiary/aromatic N) is 2. The van der Waals surface area contributed by atoms with Crippen LogP contribution in [0.2, 0.25) is 0 Å². The van der Waals surface area contributed by atoms with E-state index in [4.69, 9.17) is 28.0 Å². The van der Waals surface area contributed by atoms with Gasteiger partial charge in [0.2, 0.25) is 0 Å². The molecule has 0 atom stereocenters. The molecule has 5 nitrogen and oxygen atoms in total. The van der Waals surface area contributed by atoms with Crippen LogP contribution in [0, 0.1) is 23.7 Å². The van der Waals surface area contributed by atoms with Crippen LogP contribution in [-0.4, -0.2) is 29.6 Å². The number of alkyl halides is 1. The van der Waals surface area contributed by atoms with Gasteiger partial charge < -0.3 is 16.0 Å². The summed E-state index contributed by atoms with van der Waals surface area (Å²) in [4.78, 5) is 14.7. The maximum atomic E-state index is 15.5. The van der Waals surface area contributed by atoms with Crippen LogP contribution >= 0.6 is 11.6 Å². The molecular weight excluding hydrogens is 415 g/mol. The molecule has 3 rings (SSSR count). The summed E-state index contributed by atoms with van der Waals surface area (Å²) in [7, 11) is 0. The lowest BCUT2D eigenvalue weighted by Gasteiger charge is -2.37. The molecule has 0 bridgehead atoms. The van der Waals surface area contributed by atoms with E-state index in [0.29, 0.717) is 22.3 Å². The number of hydrogen-bond acceptors (Lipinski definition) is 4. The van der Waals surface area contributed by atoms with Gasteiger partial charge >= 0.3 is 0 Å². The van der Waals surface area contributed by atoms with Gasteiger partial charge in [0, 0.05) is 42.8 Å². The van der Waals surface area contributed by atoms with Crippen LogP contribution < -0.4 is 5.73 Å². The SMILES string of the molecule is CC(=N)/C(Cl)=C(\N)c1cc(C(=O)N2CCC(F)(c3ccc(C#N)cc3)CC2)ccc1C. The molecule has 7 heteroatoms. The Bertz CT molecular complexity index is 1090. The van der Waals surface area contributed by atoms with Crippen LogP contribution in [0.15, 0.2) is 47.5 Å². The largest absolute Gasteiger partial charge is 0.397 e. The van der Waals surface area contributed by atoms with Crippen molar-refractivity contribution in [3.05, 3.63) is 75.3 Å². The number of nitrogens with one attached hydrogen (secondary N) is 1. The summed E-state index contributed by atoms with van der Waals surface area (Å²) in [6.45, 7) is 3.97. The number of nitriles is 1. The van der Waals surface area contributed by atoms with Crippen LogP contribution in [-0.2, 0) is 5.67 Å². The number of carbonyl (C=O) groups excluding carboxylic acids is 1. The van der Waals surface area contributed by atoms with Crippen molar-refractivity contribution in [2.45, 2.75) is 32.4 Å². The van der Waals surface area contributed by atoms with E-state index in [9.17, 15) is 4.79 Å². The minimum absolute atomic E-state index is 0.147. The molecule has 0 unspecified atom stereocenters. The van der Waals surface area contributed by atoms with E-state index in [0.717, 1.165) is 5.56 Å². The molecule has 1 aliphatic heterocycles. The Morgan fingerprint density at radius 2 is 1.84 bits per heavy atom. The van der Waals surface area contributed by atoms with E-state index in [-0.39, 0.29) is 48.3 Å². The Hall–Kier alpha value is -3.17. The van der Waals surface area contributed by atoms with Crippen molar-refractivity contribution in [3.8, 4) is 6.07 Å². The molecule has 0 aliphatic carbocycles. The average Bonchev–Trinajstić information content (AvgIpc) is 2.78. The van der Waals surface area contributed by atoms with Crippen molar-refractivity contribution >= 4 is 28.9 Å². The highest BCUT2D eigenvalue weighted by molar-refractivity contribution is 6.45. The molecule has 31 heavy (non-hydrogen) atoms. The number of hydrogen-bond donors (Lipinski definition) is 2. The molecule has 1 heterocycles. The standard InChI is InChI=1S/C24H24ClFN4O/c1-15-3-6-18(13-20(15)22(29)21(25)16(2)28)23(31)30-11-9-24(26,10-12-30)19-7-4-17(14-27)5-8-19/h3-8,13,28H,9-12,29H2,1-2H3/b22-21+,28-16?. The van der Waals surface area contributed by atoms with E-state index in [2.05, 4.69) is 0 Å². The molecular formula is C24H24ClFN4O. The third-order valence-electron chi connectivity index (χ3n) is 5.71. The summed E-state index contributed by atoms with van der Waals surface area (Å²) < 4.78 is 15.5. The molecule has 0 spiro atoms. The molecule has 2 aromatic rings. The third-order valence-corrected chi connectivity index (χ3v) is 6.20. The first-order valence-corrected chi connectivity index (χ1v) is 10.3. The monoisotopic (exact) mass is 438 g/mol. The van der Waals surface area contributed by atoms with Crippen LogP contribution in [0.3, 0.4) is 0 Å². The highest BCUT2D eigenvalue weighted by Gasteiger charge is 2.37. The lowest BCUT2D eigenvalue weighted by molar-refractivity contribution is 0.0421. The molecule has 2 aromatic carbocycles. The number of likely N-dealkylation sites (tertiary alicyclic amines) is 1. The summed E-state index contributed by atoms with van der Waals surface area (Å²) in [5.41, 5.74) is 7.92. The number of allylic oxidation sites excluding steroid dienone is 1. The highest BCUT2D eigenvalue weighted by Crippen LogP contribution is 2.37. The van der Waals surface area contributed by atoms with Gasteiger partial charge in [-0.1, -0.05) is 29.8 Å². The molecule has 3 N–H and O–H groups in total. The van der Waals surface area contributed by atoms with Gasteiger partial charge in [-0.05, 0) is 49.2 Å². The van der Waals surface area contributed by atoms with Gasteiger partial charge in [-0.15, -0.1) is 0 Å². The number of halogens is 2. The molecule has 1 aliphatic rings.